The average molecular weight is 290 g/mol. The van der Waals surface area contributed by atoms with Crippen molar-refractivity contribution in [2.45, 2.75) is 10.9 Å². The SMILES string of the molecule is O=C(O)c1ccc(CSc2nc3ccc(O)cc3[nH]2)o1. The van der Waals surface area contributed by atoms with E-state index in [0.29, 0.717) is 16.7 Å². The van der Waals surface area contributed by atoms with E-state index in [0.717, 1.165) is 11.0 Å². The van der Waals surface area contributed by atoms with E-state index in [4.69, 9.17) is 9.52 Å². The third-order valence-corrected chi connectivity index (χ3v) is 3.56. The molecule has 102 valence electrons. The number of aromatic carboxylic acids is 1. The first-order valence-corrected chi connectivity index (χ1v) is 6.74. The van der Waals surface area contributed by atoms with Crippen LogP contribution < -0.4 is 0 Å². The molecule has 3 aromatic rings. The van der Waals surface area contributed by atoms with Crippen LogP contribution in [0.15, 0.2) is 39.9 Å². The smallest absolute Gasteiger partial charge is 0.371 e. The molecule has 0 aliphatic heterocycles. The lowest BCUT2D eigenvalue weighted by Crippen LogP contribution is -1.91. The summed E-state index contributed by atoms with van der Waals surface area (Å²) in [4.78, 5) is 18.1. The van der Waals surface area contributed by atoms with Crippen LogP contribution in [0.1, 0.15) is 16.3 Å². The lowest BCUT2D eigenvalue weighted by Gasteiger charge is -1.93. The van der Waals surface area contributed by atoms with Crippen LogP contribution >= 0.6 is 11.8 Å². The summed E-state index contributed by atoms with van der Waals surface area (Å²) in [6.45, 7) is 0. The number of fused-ring (bicyclic) bond motifs is 1. The number of phenolic OH excluding ortho intramolecular Hbond substituents is 1. The molecule has 3 rings (SSSR count). The highest BCUT2D eigenvalue weighted by atomic mass is 32.2. The van der Waals surface area contributed by atoms with Crippen LogP contribution in [-0.2, 0) is 5.75 Å². The van der Waals surface area contributed by atoms with Crippen molar-refractivity contribution in [2.75, 3.05) is 0 Å². The van der Waals surface area contributed by atoms with Crippen molar-refractivity contribution in [3.63, 3.8) is 0 Å². The number of benzene rings is 1. The van der Waals surface area contributed by atoms with E-state index >= 15 is 0 Å². The number of aromatic amines is 1. The van der Waals surface area contributed by atoms with Gasteiger partial charge in [-0.2, -0.15) is 0 Å². The second kappa shape index (κ2) is 4.93. The van der Waals surface area contributed by atoms with Crippen molar-refractivity contribution in [3.05, 3.63) is 41.9 Å². The Balaban J connectivity index is 1.74. The van der Waals surface area contributed by atoms with E-state index in [1.165, 1.54) is 17.8 Å². The monoisotopic (exact) mass is 290 g/mol. The second-order valence-electron chi connectivity index (χ2n) is 4.10. The van der Waals surface area contributed by atoms with E-state index in [1.807, 2.05) is 0 Å². The van der Waals surface area contributed by atoms with Gasteiger partial charge in [-0.25, -0.2) is 9.78 Å². The molecule has 20 heavy (non-hydrogen) atoms. The molecule has 2 heterocycles. The van der Waals surface area contributed by atoms with Crippen molar-refractivity contribution in [1.29, 1.82) is 0 Å². The van der Waals surface area contributed by atoms with E-state index in [1.54, 1.807) is 24.3 Å². The summed E-state index contributed by atoms with van der Waals surface area (Å²) in [5.74, 6) is 0.0557. The van der Waals surface area contributed by atoms with Gasteiger partial charge in [0.2, 0.25) is 5.76 Å². The summed E-state index contributed by atoms with van der Waals surface area (Å²) >= 11 is 1.40. The molecule has 0 fully saturated rings. The number of nitrogens with zero attached hydrogens (tertiary/aromatic N) is 1. The fourth-order valence-electron chi connectivity index (χ4n) is 1.75. The minimum atomic E-state index is -1.08. The zero-order valence-corrected chi connectivity index (χ0v) is 11.0. The van der Waals surface area contributed by atoms with Gasteiger partial charge in [0.1, 0.15) is 11.5 Å². The fourth-order valence-corrected chi connectivity index (χ4v) is 2.53. The number of rotatable bonds is 4. The number of carboxylic acid groups (broad SMARTS) is 1. The molecule has 0 bridgehead atoms. The van der Waals surface area contributed by atoms with Crippen molar-refractivity contribution in [1.82, 2.24) is 9.97 Å². The Labute approximate surface area is 117 Å². The second-order valence-corrected chi connectivity index (χ2v) is 5.07. The van der Waals surface area contributed by atoms with Gasteiger partial charge >= 0.3 is 5.97 Å². The van der Waals surface area contributed by atoms with Gasteiger partial charge in [-0.05, 0) is 24.3 Å². The highest BCUT2D eigenvalue weighted by molar-refractivity contribution is 7.98. The Morgan fingerprint density at radius 1 is 1.35 bits per heavy atom. The quantitative estimate of drug-likeness (QED) is 0.639. The topological polar surface area (TPSA) is 99.4 Å². The number of carboxylic acids is 1. The summed E-state index contributed by atoms with van der Waals surface area (Å²) in [7, 11) is 0. The third kappa shape index (κ3) is 2.48. The summed E-state index contributed by atoms with van der Waals surface area (Å²) in [6, 6.07) is 7.95. The van der Waals surface area contributed by atoms with Crippen LogP contribution in [0.25, 0.3) is 11.0 Å². The predicted molar refractivity (Wildman–Crippen MR) is 73.0 cm³/mol. The number of thioether (sulfide) groups is 1. The Bertz CT molecular complexity index is 778. The molecule has 1 aromatic carbocycles. The Morgan fingerprint density at radius 2 is 2.20 bits per heavy atom. The minimum Gasteiger partial charge on any atom is -0.508 e. The fraction of sp³-hybridized carbons (Fsp3) is 0.0769. The van der Waals surface area contributed by atoms with Crippen molar-refractivity contribution in [3.8, 4) is 5.75 Å². The van der Waals surface area contributed by atoms with Crippen molar-refractivity contribution < 1.29 is 19.4 Å². The first kappa shape index (κ1) is 12.6. The molecule has 2 aromatic heterocycles. The Morgan fingerprint density at radius 3 is 2.95 bits per heavy atom. The number of aromatic hydroxyl groups is 1. The summed E-state index contributed by atoms with van der Waals surface area (Å²) in [5.41, 5.74) is 1.51. The number of hydrogen-bond donors (Lipinski definition) is 3. The number of nitrogens with one attached hydrogen (secondary N) is 1. The number of hydrogen-bond acceptors (Lipinski definition) is 5. The maximum absolute atomic E-state index is 10.7. The van der Waals surface area contributed by atoms with E-state index in [2.05, 4.69) is 9.97 Å². The molecule has 0 unspecified atom stereocenters. The van der Waals surface area contributed by atoms with Crippen LogP contribution in [0.2, 0.25) is 0 Å². The molecule has 0 amide bonds. The first-order valence-electron chi connectivity index (χ1n) is 5.75. The molecule has 0 aliphatic carbocycles. The molecule has 0 atom stereocenters. The maximum Gasteiger partial charge on any atom is 0.371 e. The van der Waals surface area contributed by atoms with Crippen molar-refractivity contribution in [2.24, 2.45) is 0 Å². The number of phenols is 1. The largest absolute Gasteiger partial charge is 0.508 e. The number of furan rings is 1. The Kier molecular flexibility index (Phi) is 3.11. The highest BCUT2D eigenvalue weighted by Gasteiger charge is 2.10. The molecule has 0 saturated heterocycles. The van der Waals surface area contributed by atoms with E-state index in [9.17, 15) is 9.90 Å². The summed E-state index contributed by atoms with van der Waals surface area (Å²) < 4.78 is 5.16. The van der Waals surface area contributed by atoms with E-state index < -0.39 is 5.97 Å². The molecule has 0 saturated carbocycles. The van der Waals surface area contributed by atoms with Gasteiger partial charge in [0.25, 0.3) is 0 Å². The van der Waals surface area contributed by atoms with Crippen LogP contribution in [-0.4, -0.2) is 26.2 Å². The first-order chi connectivity index (χ1) is 9.61. The zero-order chi connectivity index (χ0) is 14.1. The van der Waals surface area contributed by atoms with Crippen LogP contribution in [0.3, 0.4) is 0 Å². The van der Waals surface area contributed by atoms with Gasteiger partial charge < -0.3 is 19.6 Å². The number of carbonyl (C=O) groups is 1. The molecule has 7 heteroatoms. The number of H-pyrrole nitrogens is 1. The lowest BCUT2D eigenvalue weighted by molar-refractivity contribution is 0.0661. The van der Waals surface area contributed by atoms with Gasteiger partial charge in [-0.15, -0.1) is 0 Å². The molecule has 6 nitrogen and oxygen atoms in total. The highest BCUT2D eigenvalue weighted by Crippen LogP contribution is 2.25. The average Bonchev–Trinajstić information content (AvgIpc) is 3.01. The summed E-state index contributed by atoms with van der Waals surface area (Å²) in [6.07, 6.45) is 0. The van der Waals surface area contributed by atoms with Gasteiger partial charge in [-0.1, -0.05) is 11.8 Å². The minimum absolute atomic E-state index is 0.0740. The standard InChI is InChI=1S/C13H10N2O4S/c16-7-1-3-9-10(5-7)15-13(14-9)20-6-8-2-4-11(19-8)12(17)18/h1-5,16H,6H2,(H,14,15)(H,17,18). The molecule has 0 radical (unpaired) electrons. The molecule has 3 N–H and O–H groups in total. The van der Waals surface area contributed by atoms with Crippen LogP contribution in [0.5, 0.6) is 5.75 Å². The Hall–Kier alpha value is -2.41. The predicted octanol–water partition coefficient (Wildman–Crippen LogP) is 2.85. The van der Waals surface area contributed by atoms with Crippen molar-refractivity contribution >= 4 is 28.8 Å². The van der Waals surface area contributed by atoms with Crippen LogP contribution in [0, 0.1) is 0 Å². The van der Waals surface area contributed by atoms with E-state index in [-0.39, 0.29) is 11.5 Å². The zero-order valence-electron chi connectivity index (χ0n) is 10.2. The normalized spacial score (nSPS) is 11.0. The van der Waals surface area contributed by atoms with Gasteiger partial charge in [0.05, 0.1) is 16.8 Å². The van der Waals surface area contributed by atoms with Crippen LogP contribution in [0.4, 0.5) is 0 Å². The maximum atomic E-state index is 10.7. The molecule has 0 aliphatic rings. The van der Waals surface area contributed by atoms with Gasteiger partial charge in [0, 0.05) is 6.07 Å². The number of aromatic nitrogens is 2. The summed E-state index contributed by atoms with van der Waals surface area (Å²) in [5, 5.41) is 18.8. The van der Waals surface area contributed by atoms with Gasteiger partial charge in [0.15, 0.2) is 5.16 Å². The van der Waals surface area contributed by atoms with Gasteiger partial charge in [-0.3, -0.25) is 0 Å². The molecular weight excluding hydrogens is 280 g/mol. The molecule has 0 spiro atoms. The number of imidazole rings is 1. The lowest BCUT2D eigenvalue weighted by atomic mass is 10.3. The third-order valence-electron chi connectivity index (χ3n) is 2.67. The molecular formula is C13H10N2O4S.